The molecule has 0 bridgehead atoms. The Kier molecular flexibility index (Phi) is 3.70. The zero-order valence-corrected chi connectivity index (χ0v) is 13.3. The van der Waals surface area contributed by atoms with E-state index in [9.17, 15) is 0 Å². The van der Waals surface area contributed by atoms with Gasteiger partial charge in [-0.1, -0.05) is 31.2 Å². The second kappa shape index (κ2) is 5.84. The molecule has 0 saturated carbocycles. The Hall–Kier alpha value is -1.68. The maximum Gasteiger partial charge on any atom is 0.150 e. The molecule has 0 spiro atoms. The summed E-state index contributed by atoms with van der Waals surface area (Å²) in [7, 11) is 0. The molecule has 4 rings (SSSR count). The lowest BCUT2D eigenvalue weighted by molar-refractivity contribution is 0.311. The van der Waals surface area contributed by atoms with E-state index in [0.29, 0.717) is 12.1 Å². The minimum atomic E-state index is 0.505. The van der Waals surface area contributed by atoms with Crippen molar-refractivity contribution < 1.29 is 0 Å². The van der Waals surface area contributed by atoms with E-state index >= 15 is 0 Å². The maximum atomic E-state index is 4.62. The molecule has 2 heterocycles. The van der Waals surface area contributed by atoms with E-state index in [1.54, 1.807) is 0 Å². The highest BCUT2D eigenvalue weighted by atomic mass is 15.4. The van der Waals surface area contributed by atoms with E-state index in [2.05, 4.69) is 51.3 Å². The van der Waals surface area contributed by atoms with Crippen molar-refractivity contribution in [2.75, 3.05) is 0 Å². The molecule has 1 aromatic carbocycles. The van der Waals surface area contributed by atoms with Gasteiger partial charge in [0.2, 0.25) is 0 Å². The van der Waals surface area contributed by atoms with Crippen LogP contribution in [-0.4, -0.2) is 20.8 Å². The van der Waals surface area contributed by atoms with Crippen molar-refractivity contribution in [1.82, 2.24) is 20.1 Å². The Bertz CT molecular complexity index is 661. The van der Waals surface area contributed by atoms with Gasteiger partial charge < -0.3 is 5.32 Å². The minimum Gasteiger partial charge on any atom is -0.305 e. The van der Waals surface area contributed by atoms with Crippen molar-refractivity contribution in [1.29, 1.82) is 0 Å². The molecule has 1 aliphatic carbocycles. The zero-order valence-electron chi connectivity index (χ0n) is 13.3. The highest BCUT2D eigenvalue weighted by Gasteiger charge is 2.26. The topological polar surface area (TPSA) is 42.7 Å². The molecule has 0 fully saturated rings. The van der Waals surface area contributed by atoms with Gasteiger partial charge in [0.25, 0.3) is 0 Å². The second-order valence-corrected chi connectivity index (χ2v) is 6.53. The van der Waals surface area contributed by atoms with Gasteiger partial charge in [-0.2, -0.15) is 5.10 Å². The number of benzene rings is 1. The van der Waals surface area contributed by atoms with E-state index in [4.69, 9.17) is 0 Å². The van der Waals surface area contributed by atoms with E-state index in [1.165, 1.54) is 42.6 Å². The molecule has 2 unspecified atom stereocenters. The summed E-state index contributed by atoms with van der Waals surface area (Å²) in [5, 5.41) is 8.52. The van der Waals surface area contributed by atoms with Crippen molar-refractivity contribution in [3.63, 3.8) is 0 Å². The number of rotatable bonds is 3. The Labute approximate surface area is 132 Å². The van der Waals surface area contributed by atoms with E-state index < -0.39 is 0 Å². The van der Waals surface area contributed by atoms with Crippen LogP contribution in [-0.2, 0) is 25.8 Å². The number of nitrogens with zero attached hydrogens (tertiary/aromatic N) is 3. The average Bonchev–Trinajstić information content (AvgIpc) is 2.98. The fourth-order valence-corrected chi connectivity index (χ4v) is 3.86. The highest BCUT2D eigenvalue weighted by Crippen LogP contribution is 2.30. The van der Waals surface area contributed by atoms with Gasteiger partial charge in [-0.15, -0.1) is 0 Å². The normalized spacial score (nSPS) is 23.9. The smallest absolute Gasteiger partial charge is 0.150 e. The molecule has 22 heavy (non-hydrogen) atoms. The van der Waals surface area contributed by atoms with Gasteiger partial charge in [0, 0.05) is 24.9 Å². The summed E-state index contributed by atoms with van der Waals surface area (Å²) < 4.78 is 2.12. The summed E-state index contributed by atoms with van der Waals surface area (Å²) in [4.78, 5) is 4.61. The summed E-state index contributed by atoms with van der Waals surface area (Å²) in [6, 6.07) is 9.93. The third kappa shape index (κ3) is 2.56. The monoisotopic (exact) mass is 296 g/mol. The van der Waals surface area contributed by atoms with Crippen LogP contribution in [0.25, 0.3) is 0 Å². The van der Waals surface area contributed by atoms with Gasteiger partial charge in [-0.05, 0) is 36.8 Å². The van der Waals surface area contributed by atoms with Crippen molar-refractivity contribution in [2.45, 2.75) is 64.1 Å². The standard InChI is InChI=1S/C18H24N4/c1-2-17-20-18-11-10-14(12-22(18)21-17)19-16-9-5-7-13-6-3-4-8-15(13)16/h3-4,6,8,14,16,19H,2,5,7,9-12H2,1H3. The molecule has 4 nitrogen and oxygen atoms in total. The summed E-state index contributed by atoms with van der Waals surface area (Å²) in [6.45, 7) is 3.08. The first-order valence-corrected chi connectivity index (χ1v) is 8.60. The largest absolute Gasteiger partial charge is 0.305 e. The third-order valence-electron chi connectivity index (χ3n) is 5.02. The summed E-state index contributed by atoms with van der Waals surface area (Å²) in [5.74, 6) is 2.15. The van der Waals surface area contributed by atoms with Crippen LogP contribution >= 0.6 is 0 Å². The van der Waals surface area contributed by atoms with E-state index in [0.717, 1.165) is 25.2 Å². The maximum absolute atomic E-state index is 4.62. The summed E-state index contributed by atoms with van der Waals surface area (Å²) in [6.07, 6.45) is 6.90. The molecule has 4 heteroatoms. The van der Waals surface area contributed by atoms with Crippen LogP contribution in [0.3, 0.4) is 0 Å². The van der Waals surface area contributed by atoms with Crippen LogP contribution in [0.2, 0.25) is 0 Å². The highest BCUT2D eigenvalue weighted by molar-refractivity contribution is 5.32. The van der Waals surface area contributed by atoms with Crippen molar-refractivity contribution in [3.8, 4) is 0 Å². The molecule has 2 aromatic rings. The molecule has 2 aliphatic rings. The average molecular weight is 296 g/mol. The van der Waals surface area contributed by atoms with Gasteiger partial charge in [0.1, 0.15) is 5.82 Å². The first-order valence-electron chi connectivity index (χ1n) is 8.60. The van der Waals surface area contributed by atoms with Gasteiger partial charge in [0.15, 0.2) is 5.82 Å². The lowest BCUT2D eigenvalue weighted by Gasteiger charge is -2.32. The predicted octanol–water partition coefficient (Wildman–Crippen LogP) is 2.82. The third-order valence-corrected chi connectivity index (χ3v) is 5.02. The second-order valence-electron chi connectivity index (χ2n) is 6.53. The minimum absolute atomic E-state index is 0.505. The Morgan fingerprint density at radius 1 is 1.23 bits per heavy atom. The number of aromatic nitrogens is 3. The van der Waals surface area contributed by atoms with Crippen LogP contribution in [0.1, 0.15) is 55.0 Å². The number of fused-ring (bicyclic) bond motifs is 2. The number of hydrogen-bond acceptors (Lipinski definition) is 3. The molecular weight excluding hydrogens is 272 g/mol. The van der Waals surface area contributed by atoms with Gasteiger partial charge in [-0.3, -0.25) is 0 Å². The van der Waals surface area contributed by atoms with Gasteiger partial charge in [0.05, 0.1) is 6.54 Å². The van der Waals surface area contributed by atoms with Crippen LogP contribution < -0.4 is 5.32 Å². The molecule has 2 atom stereocenters. The van der Waals surface area contributed by atoms with Crippen molar-refractivity contribution in [2.24, 2.45) is 0 Å². The quantitative estimate of drug-likeness (QED) is 0.947. The molecule has 1 aromatic heterocycles. The fraction of sp³-hybridized carbons (Fsp3) is 0.556. The number of aryl methyl sites for hydroxylation is 3. The van der Waals surface area contributed by atoms with Crippen LogP contribution in [0.15, 0.2) is 24.3 Å². The predicted molar refractivity (Wildman–Crippen MR) is 86.8 cm³/mol. The molecular formula is C18H24N4. The molecule has 1 N–H and O–H groups in total. The lowest BCUT2D eigenvalue weighted by Crippen LogP contribution is -2.40. The molecule has 1 aliphatic heterocycles. The van der Waals surface area contributed by atoms with Crippen LogP contribution in [0.4, 0.5) is 0 Å². The summed E-state index contributed by atoms with van der Waals surface area (Å²) >= 11 is 0. The van der Waals surface area contributed by atoms with E-state index in [1.807, 2.05) is 0 Å². The molecule has 0 amide bonds. The number of hydrogen-bond donors (Lipinski definition) is 1. The molecule has 0 radical (unpaired) electrons. The SMILES string of the molecule is CCc1nc2n(n1)CC(NC1CCCc3ccccc31)CC2. The van der Waals surface area contributed by atoms with Crippen LogP contribution in [0, 0.1) is 0 Å². The Morgan fingerprint density at radius 2 is 2.14 bits per heavy atom. The Morgan fingerprint density at radius 3 is 3.05 bits per heavy atom. The summed E-state index contributed by atoms with van der Waals surface area (Å²) in [5.41, 5.74) is 3.03. The fourth-order valence-electron chi connectivity index (χ4n) is 3.86. The van der Waals surface area contributed by atoms with Gasteiger partial charge in [-0.25, -0.2) is 9.67 Å². The first kappa shape index (κ1) is 13.9. The zero-order chi connectivity index (χ0) is 14.9. The molecule has 116 valence electrons. The lowest BCUT2D eigenvalue weighted by atomic mass is 9.87. The van der Waals surface area contributed by atoms with E-state index in [-0.39, 0.29) is 0 Å². The van der Waals surface area contributed by atoms with Crippen molar-refractivity contribution >= 4 is 0 Å². The molecule has 0 saturated heterocycles. The number of nitrogens with one attached hydrogen (secondary N) is 1. The van der Waals surface area contributed by atoms with Crippen LogP contribution in [0.5, 0.6) is 0 Å². The van der Waals surface area contributed by atoms with Gasteiger partial charge >= 0.3 is 0 Å². The first-order chi connectivity index (χ1) is 10.8. The Balaban J connectivity index is 1.49. The van der Waals surface area contributed by atoms with Crippen molar-refractivity contribution in [3.05, 3.63) is 47.0 Å².